The van der Waals surface area contributed by atoms with Crippen LogP contribution in [0.25, 0.3) is 0 Å². The summed E-state index contributed by atoms with van der Waals surface area (Å²) in [5.41, 5.74) is 4.35. The second-order valence-corrected chi connectivity index (χ2v) is 6.75. The van der Waals surface area contributed by atoms with Crippen LogP contribution >= 0.6 is 11.6 Å². The SMILES string of the molecule is O=C(C[C@H](c1cccc(Cl)c1)n1cccc1)N/N=C\c1ccc2c(c1)OCO2. The second-order valence-electron chi connectivity index (χ2n) is 6.31. The molecule has 1 aromatic heterocycles. The van der Waals surface area contributed by atoms with Gasteiger partial charge in [-0.2, -0.15) is 5.10 Å². The van der Waals surface area contributed by atoms with Crippen molar-refractivity contribution < 1.29 is 14.3 Å². The normalized spacial score (nSPS) is 13.6. The minimum absolute atomic E-state index is 0.172. The first kappa shape index (κ1) is 18.1. The van der Waals surface area contributed by atoms with Crippen LogP contribution in [-0.2, 0) is 4.79 Å². The fraction of sp³-hybridized carbons (Fsp3) is 0.143. The maximum atomic E-state index is 12.5. The van der Waals surface area contributed by atoms with Crippen LogP contribution in [0.15, 0.2) is 72.1 Å². The van der Waals surface area contributed by atoms with E-state index in [0.29, 0.717) is 16.5 Å². The van der Waals surface area contributed by atoms with Crippen LogP contribution in [0, 0.1) is 0 Å². The van der Waals surface area contributed by atoms with Crippen LogP contribution in [0.4, 0.5) is 0 Å². The smallest absolute Gasteiger partial charge is 0.242 e. The first-order chi connectivity index (χ1) is 13.7. The highest BCUT2D eigenvalue weighted by Crippen LogP contribution is 2.32. The van der Waals surface area contributed by atoms with Gasteiger partial charge in [0.05, 0.1) is 18.7 Å². The van der Waals surface area contributed by atoms with E-state index in [1.807, 2.05) is 71.6 Å². The zero-order valence-electron chi connectivity index (χ0n) is 14.9. The molecule has 0 aliphatic carbocycles. The van der Waals surface area contributed by atoms with E-state index in [1.165, 1.54) is 0 Å². The van der Waals surface area contributed by atoms with Crippen molar-refractivity contribution in [1.82, 2.24) is 9.99 Å². The number of amides is 1. The Balaban J connectivity index is 1.43. The number of nitrogens with zero attached hydrogens (tertiary/aromatic N) is 2. The molecule has 1 amide bonds. The summed E-state index contributed by atoms with van der Waals surface area (Å²) in [6.07, 6.45) is 5.65. The van der Waals surface area contributed by atoms with E-state index in [-0.39, 0.29) is 25.2 Å². The summed E-state index contributed by atoms with van der Waals surface area (Å²) in [4.78, 5) is 12.5. The van der Waals surface area contributed by atoms with Crippen molar-refractivity contribution in [1.29, 1.82) is 0 Å². The second kappa shape index (κ2) is 8.19. The van der Waals surface area contributed by atoms with Crippen molar-refractivity contribution in [2.75, 3.05) is 6.79 Å². The molecule has 2 heterocycles. The fourth-order valence-corrected chi connectivity index (χ4v) is 3.26. The van der Waals surface area contributed by atoms with Crippen LogP contribution in [0.2, 0.25) is 5.02 Å². The van der Waals surface area contributed by atoms with Crippen molar-refractivity contribution in [3.63, 3.8) is 0 Å². The van der Waals surface area contributed by atoms with Gasteiger partial charge in [0.2, 0.25) is 12.7 Å². The van der Waals surface area contributed by atoms with E-state index in [9.17, 15) is 4.79 Å². The third-order valence-corrected chi connectivity index (χ3v) is 4.63. The number of fused-ring (bicyclic) bond motifs is 1. The van der Waals surface area contributed by atoms with Gasteiger partial charge in [0.15, 0.2) is 11.5 Å². The van der Waals surface area contributed by atoms with E-state index in [0.717, 1.165) is 11.1 Å². The lowest BCUT2D eigenvalue weighted by atomic mass is 10.0. The van der Waals surface area contributed by atoms with E-state index in [1.54, 1.807) is 6.21 Å². The molecule has 7 heteroatoms. The highest BCUT2D eigenvalue weighted by Gasteiger charge is 2.17. The molecule has 142 valence electrons. The molecule has 28 heavy (non-hydrogen) atoms. The first-order valence-corrected chi connectivity index (χ1v) is 9.16. The van der Waals surface area contributed by atoms with Crippen molar-refractivity contribution >= 4 is 23.7 Å². The molecular formula is C21H18ClN3O3. The van der Waals surface area contributed by atoms with Crippen molar-refractivity contribution in [3.8, 4) is 11.5 Å². The Labute approximate surface area is 167 Å². The Morgan fingerprint density at radius 3 is 2.79 bits per heavy atom. The maximum absolute atomic E-state index is 12.5. The third-order valence-electron chi connectivity index (χ3n) is 4.40. The lowest BCUT2D eigenvalue weighted by molar-refractivity contribution is -0.121. The number of hydrogen-bond acceptors (Lipinski definition) is 4. The lowest BCUT2D eigenvalue weighted by Gasteiger charge is -2.19. The van der Waals surface area contributed by atoms with Crippen LogP contribution in [0.3, 0.4) is 0 Å². The molecule has 0 radical (unpaired) electrons. The lowest BCUT2D eigenvalue weighted by Crippen LogP contribution is -2.23. The molecule has 1 N–H and O–H groups in total. The Kier molecular flexibility index (Phi) is 5.30. The monoisotopic (exact) mass is 395 g/mol. The van der Waals surface area contributed by atoms with Gasteiger partial charge in [-0.3, -0.25) is 4.79 Å². The molecule has 0 saturated carbocycles. The topological polar surface area (TPSA) is 64.9 Å². The summed E-state index contributed by atoms with van der Waals surface area (Å²) in [5, 5.41) is 4.69. The highest BCUT2D eigenvalue weighted by molar-refractivity contribution is 6.30. The molecule has 0 bridgehead atoms. The van der Waals surface area contributed by atoms with Gasteiger partial charge in [-0.1, -0.05) is 23.7 Å². The van der Waals surface area contributed by atoms with Gasteiger partial charge >= 0.3 is 0 Å². The van der Waals surface area contributed by atoms with Crippen molar-refractivity contribution in [2.45, 2.75) is 12.5 Å². The number of nitrogens with one attached hydrogen (secondary N) is 1. The summed E-state index contributed by atoms with van der Waals surface area (Å²) in [6.45, 7) is 0.219. The van der Waals surface area contributed by atoms with Gasteiger partial charge in [0.1, 0.15) is 0 Å². The average molecular weight is 396 g/mol. The summed E-state index contributed by atoms with van der Waals surface area (Å²) >= 11 is 6.13. The molecule has 2 aromatic carbocycles. The van der Waals surface area contributed by atoms with Crippen molar-refractivity contribution in [2.24, 2.45) is 5.10 Å². The molecule has 1 aliphatic heterocycles. The number of benzene rings is 2. The minimum Gasteiger partial charge on any atom is -0.454 e. The number of hydrogen-bond donors (Lipinski definition) is 1. The van der Waals surface area contributed by atoms with Crippen LogP contribution in [0.1, 0.15) is 23.6 Å². The number of rotatable bonds is 6. The van der Waals surface area contributed by atoms with Gasteiger partial charge in [-0.15, -0.1) is 0 Å². The molecule has 0 saturated heterocycles. The van der Waals surface area contributed by atoms with E-state index in [4.69, 9.17) is 21.1 Å². The van der Waals surface area contributed by atoms with Gasteiger partial charge in [0.25, 0.3) is 0 Å². The number of carbonyl (C=O) groups is 1. The van der Waals surface area contributed by atoms with E-state index >= 15 is 0 Å². The Bertz CT molecular complexity index is 1000. The van der Waals surface area contributed by atoms with Gasteiger partial charge in [-0.05, 0) is 53.6 Å². The molecule has 0 unspecified atom stereocenters. The van der Waals surface area contributed by atoms with Gasteiger partial charge < -0.3 is 14.0 Å². The summed E-state index contributed by atoms with van der Waals surface area (Å²) < 4.78 is 12.6. The maximum Gasteiger partial charge on any atom is 0.242 e. The quantitative estimate of drug-likeness (QED) is 0.506. The first-order valence-electron chi connectivity index (χ1n) is 8.78. The average Bonchev–Trinajstić information content (AvgIpc) is 3.37. The van der Waals surface area contributed by atoms with E-state index in [2.05, 4.69) is 10.5 Å². The zero-order valence-corrected chi connectivity index (χ0v) is 15.7. The Morgan fingerprint density at radius 1 is 1.14 bits per heavy atom. The predicted octanol–water partition coefficient (Wildman–Crippen LogP) is 4.00. The van der Waals surface area contributed by atoms with Crippen molar-refractivity contribution in [3.05, 3.63) is 83.1 Å². The minimum atomic E-state index is -0.198. The number of hydrazone groups is 1. The molecule has 1 aliphatic rings. The van der Waals surface area contributed by atoms with Crippen LogP contribution in [0.5, 0.6) is 11.5 Å². The highest BCUT2D eigenvalue weighted by atomic mass is 35.5. The largest absolute Gasteiger partial charge is 0.454 e. The van der Waals surface area contributed by atoms with Gasteiger partial charge in [-0.25, -0.2) is 5.43 Å². The molecule has 6 nitrogen and oxygen atoms in total. The number of ether oxygens (including phenoxy) is 2. The number of aromatic nitrogens is 1. The number of carbonyl (C=O) groups excluding carboxylic acids is 1. The summed E-state index contributed by atoms with van der Waals surface area (Å²) in [5.74, 6) is 1.18. The van der Waals surface area contributed by atoms with Crippen LogP contribution in [-0.4, -0.2) is 23.5 Å². The zero-order chi connectivity index (χ0) is 19.3. The molecule has 4 rings (SSSR count). The summed E-state index contributed by atoms with van der Waals surface area (Å²) in [6, 6.07) is 16.7. The summed E-state index contributed by atoms with van der Waals surface area (Å²) in [7, 11) is 0. The Hall–Kier alpha value is -3.25. The Morgan fingerprint density at radius 2 is 1.96 bits per heavy atom. The fourth-order valence-electron chi connectivity index (χ4n) is 3.06. The molecule has 0 fully saturated rings. The standard InChI is InChI=1S/C21H18ClN3O3/c22-17-5-3-4-16(11-17)18(25-8-1-2-9-25)12-21(26)24-23-13-15-6-7-19-20(10-15)28-14-27-19/h1-11,13,18H,12,14H2,(H,24,26)/b23-13-/t18-/m1/s1. The molecule has 3 aromatic rings. The number of halogens is 1. The molecule has 1 atom stereocenters. The molecule has 0 spiro atoms. The third kappa shape index (κ3) is 4.18. The van der Waals surface area contributed by atoms with E-state index < -0.39 is 0 Å². The van der Waals surface area contributed by atoms with Gasteiger partial charge in [0, 0.05) is 17.4 Å². The van der Waals surface area contributed by atoms with Crippen LogP contribution < -0.4 is 14.9 Å². The molecular weight excluding hydrogens is 378 g/mol. The predicted molar refractivity (Wildman–Crippen MR) is 107 cm³/mol.